The molecule has 156 valence electrons. The van der Waals surface area contributed by atoms with Gasteiger partial charge in [0.2, 0.25) is 5.91 Å². The highest BCUT2D eigenvalue weighted by Gasteiger charge is 2.39. The molecule has 0 unspecified atom stereocenters. The molecule has 2 aromatic rings. The van der Waals surface area contributed by atoms with Gasteiger partial charge in [0, 0.05) is 37.2 Å². The number of carbonyl (C=O) groups is 1. The highest BCUT2D eigenvalue weighted by atomic mass is 32.2. The number of piperidine rings is 1. The summed E-state index contributed by atoms with van der Waals surface area (Å²) >= 11 is 1.32. The van der Waals surface area contributed by atoms with Crippen molar-refractivity contribution in [1.82, 2.24) is 4.90 Å². The Labute approximate surface area is 178 Å². The van der Waals surface area contributed by atoms with Crippen molar-refractivity contribution in [2.45, 2.75) is 18.5 Å². The zero-order valence-corrected chi connectivity index (χ0v) is 17.4. The number of hydrogen-bond donors (Lipinski definition) is 1. The molecule has 4 rings (SSSR count). The van der Waals surface area contributed by atoms with Crippen LogP contribution in [0.1, 0.15) is 18.4 Å². The van der Waals surface area contributed by atoms with Crippen LogP contribution < -0.4 is 5.32 Å². The van der Waals surface area contributed by atoms with E-state index in [4.69, 9.17) is 9.98 Å². The summed E-state index contributed by atoms with van der Waals surface area (Å²) in [4.78, 5) is 24.5. The summed E-state index contributed by atoms with van der Waals surface area (Å²) in [5.41, 5.74) is 1.53. The highest BCUT2D eigenvalue weighted by Crippen LogP contribution is 2.35. The maximum atomic E-state index is 13.4. The van der Waals surface area contributed by atoms with E-state index >= 15 is 0 Å². The summed E-state index contributed by atoms with van der Waals surface area (Å²) in [7, 11) is 2.07. The van der Waals surface area contributed by atoms with E-state index in [-0.39, 0.29) is 23.3 Å². The quantitative estimate of drug-likeness (QED) is 0.802. The van der Waals surface area contributed by atoms with Crippen LogP contribution in [0.3, 0.4) is 0 Å². The van der Waals surface area contributed by atoms with Gasteiger partial charge in [-0.15, -0.1) is 0 Å². The van der Waals surface area contributed by atoms with E-state index in [0.29, 0.717) is 16.4 Å². The Morgan fingerprint density at radius 1 is 1.03 bits per heavy atom. The number of aliphatic imine (C=N–C) groups is 2. The third kappa shape index (κ3) is 4.76. The van der Waals surface area contributed by atoms with Crippen molar-refractivity contribution in [1.29, 1.82) is 0 Å². The van der Waals surface area contributed by atoms with E-state index in [2.05, 4.69) is 17.3 Å². The minimum Gasteiger partial charge on any atom is -0.325 e. The maximum Gasteiger partial charge on any atom is 0.234 e. The topological polar surface area (TPSA) is 57.1 Å². The zero-order chi connectivity index (χ0) is 21.1. The molecule has 8 heteroatoms. The first-order chi connectivity index (χ1) is 14.4. The molecule has 2 aliphatic heterocycles. The number of hydrogen-bond acceptors (Lipinski definition) is 5. The number of nitrogens with zero attached hydrogens (tertiary/aromatic N) is 3. The van der Waals surface area contributed by atoms with Crippen LogP contribution in [0.15, 0.2) is 58.5 Å². The summed E-state index contributed by atoms with van der Waals surface area (Å²) < 4.78 is 26.4. The van der Waals surface area contributed by atoms with E-state index in [9.17, 15) is 13.6 Å². The fourth-order valence-corrected chi connectivity index (χ4v) is 4.36. The average molecular weight is 429 g/mol. The predicted molar refractivity (Wildman–Crippen MR) is 117 cm³/mol. The van der Waals surface area contributed by atoms with Crippen LogP contribution in [-0.2, 0) is 4.79 Å². The van der Waals surface area contributed by atoms with Gasteiger partial charge in [0.15, 0.2) is 5.66 Å². The molecule has 1 amide bonds. The molecular weight excluding hydrogens is 406 g/mol. The van der Waals surface area contributed by atoms with Gasteiger partial charge >= 0.3 is 0 Å². The molecule has 2 aliphatic rings. The van der Waals surface area contributed by atoms with Crippen LogP contribution >= 0.6 is 11.8 Å². The Morgan fingerprint density at radius 3 is 2.27 bits per heavy atom. The van der Waals surface area contributed by atoms with Crippen molar-refractivity contribution in [3.05, 3.63) is 65.7 Å². The molecule has 0 aromatic heterocycles. The van der Waals surface area contributed by atoms with Gasteiger partial charge in [0.1, 0.15) is 16.7 Å². The number of amides is 1. The Bertz CT molecular complexity index is 981. The van der Waals surface area contributed by atoms with Gasteiger partial charge < -0.3 is 10.2 Å². The maximum absolute atomic E-state index is 13.4. The second kappa shape index (κ2) is 8.65. The van der Waals surface area contributed by atoms with Crippen LogP contribution in [0.25, 0.3) is 0 Å². The first kappa shape index (κ1) is 20.7. The molecular formula is C22H22F2N4OS. The fraction of sp³-hybridized carbons (Fsp3) is 0.318. The summed E-state index contributed by atoms with van der Waals surface area (Å²) in [6, 6.07) is 11.8. The number of halogens is 2. The first-order valence-corrected chi connectivity index (χ1v) is 10.7. The number of carbonyl (C=O) groups excluding carboxylic acids is 1. The largest absolute Gasteiger partial charge is 0.325 e. The second-order valence-electron chi connectivity index (χ2n) is 7.51. The van der Waals surface area contributed by atoms with Gasteiger partial charge in [-0.3, -0.25) is 9.79 Å². The van der Waals surface area contributed by atoms with Gasteiger partial charge in [-0.1, -0.05) is 11.8 Å². The second-order valence-corrected chi connectivity index (χ2v) is 8.48. The number of nitrogens with one attached hydrogen (secondary N) is 1. The lowest BCUT2D eigenvalue weighted by Crippen LogP contribution is -2.39. The molecule has 1 saturated heterocycles. The lowest BCUT2D eigenvalue weighted by molar-refractivity contribution is -0.113. The molecule has 1 spiro atoms. The summed E-state index contributed by atoms with van der Waals surface area (Å²) in [5.74, 6) is -0.730. The minimum absolute atomic E-state index is 0.145. The van der Waals surface area contributed by atoms with Crippen LogP contribution in [0.5, 0.6) is 0 Å². The molecule has 0 saturated carbocycles. The first-order valence-electron chi connectivity index (χ1n) is 9.75. The van der Waals surface area contributed by atoms with E-state index in [1.807, 2.05) is 0 Å². The van der Waals surface area contributed by atoms with Crippen LogP contribution in [0, 0.1) is 11.6 Å². The molecule has 0 atom stereocenters. The Balaban J connectivity index is 1.50. The van der Waals surface area contributed by atoms with Crippen molar-refractivity contribution < 1.29 is 13.6 Å². The number of thioether (sulfide) groups is 1. The van der Waals surface area contributed by atoms with Gasteiger partial charge in [-0.05, 0) is 55.6 Å². The SMILES string of the molecule is CN1CCC2(CC1)N=C(SCC(=O)Nc1ccc(F)cc1)C(c1ccc(F)cc1)=N2. The Kier molecular flexibility index (Phi) is 5.97. The van der Waals surface area contributed by atoms with Crippen molar-refractivity contribution in [2.75, 3.05) is 31.2 Å². The van der Waals surface area contributed by atoms with Crippen LogP contribution in [0.4, 0.5) is 14.5 Å². The van der Waals surface area contributed by atoms with E-state index in [1.54, 1.807) is 12.1 Å². The van der Waals surface area contributed by atoms with Crippen LogP contribution in [-0.4, -0.2) is 53.1 Å². The molecule has 2 heterocycles. The van der Waals surface area contributed by atoms with E-state index < -0.39 is 5.66 Å². The highest BCUT2D eigenvalue weighted by molar-refractivity contribution is 8.16. The Hall–Kier alpha value is -2.58. The standard InChI is InChI=1S/C22H22F2N4OS/c1-28-12-10-22(11-13-28)26-20(15-2-4-16(23)5-3-15)21(27-22)30-14-19(29)25-18-8-6-17(24)7-9-18/h2-9H,10-14H2,1H3,(H,25,29). The molecule has 2 aromatic carbocycles. The molecule has 0 aliphatic carbocycles. The van der Waals surface area contributed by atoms with Gasteiger partial charge in [0.25, 0.3) is 0 Å². The van der Waals surface area contributed by atoms with Crippen molar-refractivity contribution in [3.63, 3.8) is 0 Å². The number of anilines is 1. The molecule has 5 nitrogen and oxygen atoms in total. The molecule has 30 heavy (non-hydrogen) atoms. The summed E-state index contributed by atoms with van der Waals surface area (Å²) in [6.07, 6.45) is 1.61. The Morgan fingerprint density at radius 2 is 1.63 bits per heavy atom. The summed E-state index contributed by atoms with van der Waals surface area (Å²) in [6.45, 7) is 1.79. The van der Waals surface area contributed by atoms with Crippen molar-refractivity contribution in [3.8, 4) is 0 Å². The van der Waals surface area contributed by atoms with Crippen molar-refractivity contribution >= 4 is 34.1 Å². The lowest BCUT2D eigenvalue weighted by Gasteiger charge is -2.33. The van der Waals surface area contributed by atoms with E-state index in [1.165, 1.54) is 48.2 Å². The third-order valence-electron chi connectivity index (χ3n) is 5.21. The molecule has 1 fully saturated rings. The minimum atomic E-state index is -0.508. The lowest BCUT2D eigenvalue weighted by atomic mass is 9.99. The normalized spacial score (nSPS) is 18.2. The molecule has 0 bridgehead atoms. The molecule has 0 radical (unpaired) electrons. The van der Waals surface area contributed by atoms with Crippen LogP contribution in [0.2, 0.25) is 0 Å². The monoisotopic (exact) mass is 428 g/mol. The van der Waals surface area contributed by atoms with Crippen molar-refractivity contribution in [2.24, 2.45) is 9.98 Å². The average Bonchev–Trinajstić information content (AvgIpc) is 3.09. The fourth-order valence-electron chi connectivity index (χ4n) is 3.48. The van der Waals surface area contributed by atoms with Gasteiger partial charge in [-0.2, -0.15) is 0 Å². The predicted octanol–water partition coefficient (Wildman–Crippen LogP) is 3.96. The molecule has 1 N–H and O–H groups in total. The van der Waals surface area contributed by atoms with E-state index in [0.717, 1.165) is 31.5 Å². The summed E-state index contributed by atoms with van der Waals surface area (Å²) in [5, 5.41) is 3.45. The number of likely N-dealkylation sites (tertiary alicyclic amines) is 1. The third-order valence-corrected chi connectivity index (χ3v) is 6.17. The smallest absolute Gasteiger partial charge is 0.234 e. The van der Waals surface area contributed by atoms with Gasteiger partial charge in [-0.25, -0.2) is 13.8 Å². The van der Waals surface area contributed by atoms with Gasteiger partial charge in [0.05, 0.1) is 11.5 Å². The zero-order valence-electron chi connectivity index (χ0n) is 16.6. The number of rotatable bonds is 4. The number of benzene rings is 2.